The third-order valence-electron chi connectivity index (χ3n) is 2.43. The van der Waals surface area contributed by atoms with Crippen molar-refractivity contribution in [3.63, 3.8) is 0 Å². The van der Waals surface area contributed by atoms with Gasteiger partial charge in [0.25, 0.3) is 5.91 Å². The van der Waals surface area contributed by atoms with Crippen molar-refractivity contribution >= 4 is 60.6 Å². The van der Waals surface area contributed by atoms with E-state index in [4.69, 9.17) is 10.9 Å². The molecule has 104 valence electrons. The van der Waals surface area contributed by atoms with Crippen LogP contribution in [0, 0.1) is 0 Å². The molecule has 20 heavy (non-hydrogen) atoms. The van der Waals surface area contributed by atoms with E-state index in [9.17, 15) is 4.79 Å². The van der Waals surface area contributed by atoms with Crippen molar-refractivity contribution in [1.29, 1.82) is 0 Å². The fraction of sp³-hybridized carbons (Fsp3) is 0. The molecule has 8 heteroatoms. The molecule has 0 aliphatic carbocycles. The molecule has 1 aromatic carbocycles. The van der Waals surface area contributed by atoms with E-state index in [1.807, 2.05) is 0 Å². The third-order valence-corrected chi connectivity index (χ3v) is 4.76. The van der Waals surface area contributed by atoms with Crippen LogP contribution >= 0.6 is 43.2 Å². The lowest BCUT2D eigenvalue weighted by Gasteiger charge is -2.06. The molecule has 5 nitrogen and oxygen atoms in total. The van der Waals surface area contributed by atoms with Gasteiger partial charge in [-0.1, -0.05) is 17.3 Å². The normalized spacial score (nSPS) is 11.4. The highest BCUT2D eigenvalue weighted by Crippen LogP contribution is 2.32. The van der Waals surface area contributed by atoms with E-state index >= 15 is 0 Å². The lowest BCUT2D eigenvalue weighted by molar-refractivity contribution is 0.102. The van der Waals surface area contributed by atoms with E-state index in [1.54, 1.807) is 30.3 Å². The number of carbonyl (C=O) groups excluding carboxylic acids is 1. The highest BCUT2D eigenvalue weighted by Gasteiger charge is 2.14. The Kier molecular flexibility index (Phi) is 4.79. The zero-order valence-electron chi connectivity index (χ0n) is 9.93. The maximum Gasteiger partial charge on any atom is 0.257 e. The standard InChI is InChI=1S/C12H9Br2N3O2S/c13-9-5-8(10(14)20-9)12(18)16-7-3-1-2-6(4-7)11(15)17-19/h1-5,19H,(H2,15,17)(H,16,18). The van der Waals surface area contributed by atoms with Crippen LogP contribution in [0.1, 0.15) is 15.9 Å². The molecule has 1 aromatic heterocycles. The molecule has 0 atom stereocenters. The number of oxime groups is 1. The Morgan fingerprint density at radius 3 is 2.70 bits per heavy atom. The molecule has 0 fully saturated rings. The number of amidine groups is 1. The van der Waals surface area contributed by atoms with Gasteiger partial charge in [-0.15, -0.1) is 11.3 Å². The van der Waals surface area contributed by atoms with Gasteiger partial charge >= 0.3 is 0 Å². The largest absolute Gasteiger partial charge is 0.409 e. The number of amides is 1. The zero-order chi connectivity index (χ0) is 14.7. The summed E-state index contributed by atoms with van der Waals surface area (Å²) in [4.78, 5) is 12.1. The van der Waals surface area contributed by atoms with Crippen LogP contribution in [0.3, 0.4) is 0 Å². The molecule has 4 N–H and O–H groups in total. The number of benzene rings is 1. The van der Waals surface area contributed by atoms with E-state index in [0.717, 1.165) is 7.57 Å². The molecule has 0 radical (unpaired) electrons. The van der Waals surface area contributed by atoms with Gasteiger partial charge in [-0.05, 0) is 50.1 Å². The summed E-state index contributed by atoms with van der Waals surface area (Å²) in [6, 6.07) is 8.48. The number of hydrogen-bond donors (Lipinski definition) is 3. The van der Waals surface area contributed by atoms with Crippen LogP contribution in [0.5, 0.6) is 0 Å². The second-order valence-electron chi connectivity index (χ2n) is 3.76. The Hall–Kier alpha value is -1.38. The van der Waals surface area contributed by atoms with E-state index in [2.05, 4.69) is 42.3 Å². The fourth-order valence-corrected chi connectivity index (χ4v) is 4.30. The lowest BCUT2D eigenvalue weighted by Crippen LogP contribution is -2.15. The van der Waals surface area contributed by atoms with Gasteiger partial charge in [-0.2, -0.15) is 0 Å². The molecule has 2 aromatic rings. The number of hydrogen-bond acceptors (Lipinski definition) is 4. The van der Waals surface area contributed by atoms with Crippen LogP contribution in [0.25, 0.3) is 0 Å². The average molecular weight is 419 g/mol. The first-order chi connectivity index (χ1) is 9.51. The number of rotatable bonds is 3. The van der Waals surface area contributed by atoms with Crippen LogP contribution in [0.2, 0.25) is 0 Å². The molecule has 1 amide bonds. The predicted octanol–water partition coefficient (Wildman–Crippen LogP) is 3.62. The maximum absolute atomic E-state index is 12.1. The molecule has 0 spiro atoms. The van der Waals surface area contributed by atoms with Crippen molar-refractivity contribution in [2.45, 2.75) is 0 Å². The molecule has 0 saturated heterocycles. The van der Waals surface area contributed by atoms with E-state index in [-0.39, 0.29) is 11.7 Å². The van der Waals surface area contributed by atoms with Crippen molar-refractivity contribution in [3.8, 4) is 0 Å². The summed E-state index contributed by atoms with van der Waals surface area (Å²) in [6.07, 6.45) is 0. The second-order valence-corrected chi connectivity index (χ2v) is 7.51. The minimum absolute atomic E-state index is 0.0134. The second kappa shape index (κ2) is 6.38. The topological polar surface area (TPSA) is 87.7 Å². The highest BCUT2D eigenvalue weighted by molar-refractivity contribution is 9.12. The molecule has 2 rings (SSSR count). The van der Waals surface area contributed by atoms with E-state index in [1.165, 1.54) is 11.3 Å². The molecule has 1 heterocycles. The number of thiophene rings is 1. The van der Waals surface area contributed by atoms with Gasteiger partial charge in [0.05, 0.1) is 13.1 Å². The number of nitrogens with two attached hydrogens (primary N) is 1. The summed E-state index contributed by atoms with van der Waals surface area (Å²) in [6.45, 7) is 0. The fourth-order valence-electron chi connectivity index (χ4n) is 1.51. The van der Waals surface area contributed by atoms with Crippen LogP contribution in [0.15, 0.2) is 43.1 Å². The van der Waals surface area contributed by atoms with E-state index in [0.29, 0.717) is 16.8 Å². The smallest absolute Gasteiger partial charge is 0.257 e. The quantitative estimate of drug-likeness (QED) is 0.308. The zero-order valence-corrected chi connectivity index (χ0v) is 13.9. The Morgan fingerprint density at radius 2 is 2.10 bits per heavy atom. The predicted molar refractivity (Wildman–Crippen MR) is 86.6 cm³/mol. The van der Waals surface area contributed by atoms with Gasteiger partial charge in [0.1, 0.15) is 0 Å². The molecule has 0 bridgehead atoms. The number of anilines is 1. The summed E-state index contributed by atoms with van der Waals surface area (Å²) in [5.74, 6) is -0.254. The Bertz CT molecular complexity index is 685. The van der Waals surface area contributed by atoms with Crippen LogP contribution in [-0.2, 0) is 0 Å². The SMILES string of the molecule is N/C(=N/O)c1cccc(NC(=O)c2cc(Br)sc2Br)c1. The van der Waals surface area contributed by atoms with Crippen LogP contribution < -0.4 is 11.1 Å². The molecule has 0 unspecified atom stereocenters. The van der Waals surface area contributed by atoms with E-state index < -0.39 is 0 Å². The van der Waals surface area contributed by atoms with Gasteiger partial charge < -0.3 is 16.3 Å². The summed E-state index contributed by atoms with van der Waals surface area (Å²) in [7, 11) is 0. The van der Waals surface area contributed by atoms with Crippen LogP contribution in [0.4, 0.5) is 5.69 Å². The summed E-state index contributed by atoms with van der Waals surface area (Å²) in [5.41, 5.74) is 7.13. The number of halogens is 2. The molecule has 0 aliphatic heterocycles. The average Bonchev–Trinajstić information content (AvgIpc) is 2.77. The first-order valence-electron chi connectivity index (χ1n) is 5.35. The third kappa shape index (κ3) is 3.38. The Labute approximate surface area is 135 Å². The van der Waals surface area contributed by atoms with Gasteiger partial charge in [0.2, 0.25) is 0 Å². The summed E-state index contributed by atoms with van der Waals surface area (Å²) < 4.78 is 1.61. The van der Waals surface area contributed by atoms with Crippen molar-refractivity contribution in [2.75, 3.05) is 5.32 Å². The highest BCUT2D eigenvalue weighted by atomic mass is 79.9. The number of nitrogens with zero attached hydrogens (tertiary/aromatic N) is 1. The maximum atomic E-state index is 12.1. The minimum atomic E-state index is -0.240. The lowest BCUT2D eigenvalue weighted by atomic mass is 10.2. The van der Waals surface area contributed by atoms with Gasteiger partial charge in [0, 0.05) is 11.3 Å². The molecule has 0 saturated carbocycles. The van der Waals surface area contributed by atoms with Gasteiger partial charge in [0.15, 0.2) is 5.84 Å². The monoisotopic (exact) mass is 417 g/mol. The first kappa shape index (κ1) is 15.0. The number of nitrogens with one attached hydrogen (secondary N) is 1. The van der Waals surface area contributed by atoms with Gasteiger partial charge in [-0.3, -0.25) is 4.79 Å². The van der Waals surface area contributed by atoms with Crippen molar-refractivity contribution in [3.05, 3.63) is 49.0 Å². The van der Waals surface area contributed by atoms with Crippen molar-refractivity contribution < 1.29 is 10.0 Å². The van der Waals surface area contributed by atoms with Crippen molar-refractivity contribution in [2.24, 2.45) is 10.9 Å². The van der Waals surface area contributed by atoms with Gasteiger partial charge in [-0.25, -0.2) is 0 Å². The Morgan fingerprint density at radius 1 is 1.35 bits per heavy atom. The number of carbonyl (C=O) groups is 1. The van der Waals surface area contributed by atoms with Crippen LogP contribution in [-0.4, -0.2) is 17.0 Å². The first-order valence-corrected chi connectivity index (χ1v) is 7.75. The minimum Gasteiger partial charge on any atom is -0.409 e. The molecular weight excluding hydrogens is 410 g/mol. The summed E-state index contributed by atoms with van der Waals surface area (Å²) in [5, 5.41) is 14.3. The van der Waals surface area contributed by atoms with Crippen molar-refractivity contribution in [1.82, 2.24) is 0 Å². The molecule has 0 aliphatic rings. The Balaban J connectivity index is 2.22. The summed E-state index contributed by atoms with van der Waals surface area (Å²) >= 11 is 8.08. The molecular formula is C12H9Br2N3O2S.